The number of amides is 1. The van der Waals surface area contributed by atoms with Gasteiger partial charge in [0, 0.05) is 12.1 Å². The number of hydrogen-bond acceptors (Lipinski definition) is 4. The first-order valence-corrected chi connectivity index (χ1v) is 7.72. The Bertz CT molecular complexity index is 695. The van der Waals surface area contributed by atoms with Gasteiger partial charge in [0.05, 0.1) is 7.11 Å². The third-order valence-electron chi connectivity index (χ3n) is 3.54. The van der Waals surface area contributed by atoms with Gasteiger partial charge in [0.15, 0.2) is 12.4 Å². The molecule has 2 aromatic carbocycles. The molecule has 2 rings (SSSR count). The zero-order chi connectivity index (χ0) is 17.4. The van der Waals surface area contributed by atoms with Crippen molar-refractivity contribution in [1.29, 1.82) is 0 Å². The summed E-state index contributed by atoms with van der Waals surface area (Å²) in [5.41, 5.74) is 1.66. The van der Waals surface area contributed by atoms with E-state index < -0.39 is 0 Å². The molecule has 1 amide bonds. The number of para-hydroxylation sites is 1. The standard InChI is InChI=1S/C19H21NO4/c1-14(21)15-7-9-17(10-8-15)24-13-19(22)20-12-11-16-5-3-4-6-18(16)23-2/h3-10H,11-13H2,1-2H3,(H,20,22). The molecule has 0 saturated heterocycles. The number of ketones is 1. The van der Waals surface area contributed by atoms with Crippen molar-refractivity contribution >= 4 is 11.7 Å². The van der Waals surface area contributed by atoms with Crippen molar-refractivity contribution in [2.45, 2.75) is 13.3 Å². The minimum absolute atomic E-state index is 0.00404. The number of benzene rings is 2. The molecule has 0 radical (unpaired) electrons. The highest BCUT2D eigenvalue weighted by Crippen LogP contribution is 2.17. The first-order chi connectivity index (χ1) is 11.6. The van der Waals surface area contributed by atoms with Gasteiger partial charge in [-0.25, -0.2) is 0 Å². The molecule has 0 atom stereocenters. The van der Waals surface area contributed by atoms with Crippen molar-refractivity contribution in [1.82, 2.24) is 5.32 Å². The average Bonchev–Trinajstić information content (AvgIpc) is 2.60. The van der Waals surface area contributed by atoms with Gasteiger partial charge in [0.2, 0.25) is 0 Å². The van der Waals surface area contributed by atoms with Crippen LogP contribution in [0, 0.1) is 0 Å². The maximum atomic E-state index is 11.8. The Hall–Kier alpha value is -2.82. The Morgan fingerprint density at radius 3 is 2.42 bits per heavy atom. The molecule has 0 unspecified atom stereocenters. The zero-order valence-corrected chi connectivity index (χ0v) is 13.9. The van der Waals surface area contributed by atoms with Crippen molar-refractivity contribution in [3.05, 3.63) is 59.7 Å². The summed E-state index contributed by atoms with van der Waals surface area (Å²) in [6.45, 7) is 1.95. The summed E-state index contributed by atoms with van der Waals surface area (Å²) < 4.78 is 10.7. The third kappa shape index (κ3) is 5.12. The normalized spacial score (nSPS) is 10.1. The summed E-state index contributed by atoms with van der Waals surface area (Å²) in [7, 11) is 1.63. The van der Waals surface area contributed by atoms with Crippen LogP contribution >= 0.6 is 0 Å². The SMILES string of the molecule is COc1ccccc1CCNC(=O)COc1ccc(C(C)=O)cc1. The summed E-state index contributed by atoms with van der Waals surface area (Å²) in [5.74, 6) is 1.17. The Kier molecular flexibility index (Phi) is 6.37. The Labute approximate surface area is 141 Å². The van der Waals surface area contributed by atoms with Crippen LogP contribution < -0.4 is 14.8 Å². The molecule has 5 nitrogen and oxygen atoms in total. The largest absolute Gasteiger partial charge is 0.496 e. The second-order valence-electron chi connectivity index (χ2n) is 5.28. The van der Waals surface area contributed by atoms with E-state index in [1.165, 1.54) is 6.92 Å². The molecular weight excluding hydrogens is 306 g/mol. The van der Waals surface area contributed by atoms with E-state index in [0.29, 0.717) is 24.3 Å². The van der Waals surface area contributed by atoms with E-state index >= 15 is 0 Å². The molecule has 5 heteroatoms. The van der Waals surface area contributed by atoms with E-state index in [2.05, 4.69) is 5.32 Å². The van der Waals surface area contributed by atoms with Gasteiger partial charge in [-0.05, 0) is 49.2 Å². The lowest BCUT2D eigenvalue weighted by molar-refractivity contribution is -0.123. The number of carbonyl (C=O) groups is 2. The van der Waals surface area contributed by atoms with Gasteiger partial charge in [-0.3, -0.25) is 9.59 Å². The smallest absolute Gasteiger partial charge is 0.257 e. The minimum Gasteiger partial charge on any atom is -0.496 e. The maximum Gasteiger partial charge on any atom is 0.257 e. The molecule has 0 aliphatic carbocycles. The van der Waals surface area contributed by atoms with Crippen LogP contribution in [0.5, 0.6) is 11.5 Å². The number of hydrogen-bond donors (Lipinski definition) is 1. The summed E-state index contributed by atoms with van der Waals surface area (Å²) in [6.07, 6.45) is 0.684. The zero-order valence-electron chi connectivity index (χ0n) is 13.9. The van der Waals surface area contributed by atoms with Crippen LogP contribution in [0.15, 0.2) is 48.5 Å². The molecule has 24 heavy (non-hydrogen) atoms. The number of carbonyl (C=O) groups excluding carboxylic acids is 2. The van der Waals surface area contributed by atoms with Gasteiger partial charge in [-0.15, -0.1) is 0 Å². The van der Waals surface area contributed by atoms with Gasteiger partial charge in [-0.1, -0.05) is 18.2 Å². The predicted octanol–water partition coefficient (Wildman–Crippen LogP) is 2.64. The van der Waals surface area contributed by atoms with Crippen LogP contribution in [-0.2, 0) is 11.2 Å². The lowest BCUT2D eigenvalue weighted by Gasteiger charge is -2.10. The molecule has 0 aliphatic rings. The highest BCUT2D eigenvalue weighted by atomic mass is 16.5. The van der Waals surface area contributed by atoms with Crippen LogP contribution in [0.4, 0.5) is 0 Å². The van der Waals surface area contributed by atoms with Crippen LogP contribution in [0.2, 0.25) is 0 Å². The topological polar surface area (TPSA) is 64.6 Å². The molecular formula is C19H21NO4. The van der Waals surface area contributed by atoms with Crippen molar-refractivity contribution < 1.29 is 19.1 Å². The van der Waals surface area contributed by atoms with Crippen molar-refractivity contribution in [3.63, 3.8) is 0 Å². The van der Waals surface area contributed by atoms with Crippen LogP contribution in [0.3, 0.4) is 0 Å². The number of nitrogens with one attached hydrogen (secondary N) is 1. The fourth-order valence-corrected chi connectivity index (χ4v) is 2.23. The molecule has 1 N–H and O–H groups in total. The molecule has 0 aromatic heterocycles. The third-order valence-corrected chi connectivity index (χ3v) is 3.54. The van der Waals surface area contributed by atoms with Gasteiger partial charge in [-0.2, -0.15) is 0 Å². The highest BCUT2D eigenvalue weighted by molar-refractivity contribution is 5.94. The van der Waals surface area contributed by atoms with Gasteiger partial charge < -0.3 is 14.8 Å². The van der Waals surface area contributed by atoms with Crippen molar-refractivity contribution in [2.24, 2.45) is 0 Å². The summed E-state index contributed by atoms with van der Waals surface area (Å²) in [6, 6.07) is 14.4. The Morgan fingerprint density at radius 2 is 1.75 bits per heavy atom. The van der Waals surface area contributed by atoms with Gasteiger partial charge >= 0.3 is 0 Å². The second-order valence-corrected chi connectivity index (χ2v) is 5.28. The summed E-state index contributed by atoms with van der Waals surface area (Å²) in [5, 5.41) is 2.81. The molecule has 126 valence electrons. The molecule has 0 saturated carbocycles. The van der Waals surface area contributed by atoms with Crippen LogP contribution in [0.1, 0.15) is 22.8 Å². The monoisotopic (exact) mass is 327 g/mol. The van der Waals surface area contributed by atoms with E-state index in [1.807, 2.05) is 24.3 Å². The first kappa shape index (κ1) is 17.5. The second kappa shape index (κ2) is 8.72. The average molecular weight is 327 g/mol. The van der Waals surface area contributed by atoms with E-state index in [1.54, 1.807) is 31.4 Å². The highest BCUT2D eigenvalue weighted by Gasteiger charge is 2.05. The molecule has 0 fully saturated rings. The van der Waals surface area contributed by atoms with Gasteiger partial charge in [0.1, 0.15) is 11.5 Å². The Morgan fingerprint density at radius 1 is 1.04 bits per heavy atom. The van der Waals surface area contributed by atoms with E-state index in [0.717, 1.165) is 11.3 Å². The lowest BCUT2D eigenvalue weighted by Crippen LogP contribution is -2.30. The fourth-order valence-electron chi connectivity index (χ4n) is 2.23. The van der Waals surface area contributed by atoms with E-state index in [9.17, 15) is 9.59 Å². The number of methoxy groups -OCH3 is 1. The number of rotatable bonds is 8. The summed E-state index contributed by atoms with van der Waals surface area (Å²) >= 11 is 0. The molecule has 0 aliphatic heterocycles. The van der Waals surface area contributed by atoms with Crippen LogP contribution in [0.25, 0.3) is 0 Å². The van der Waals surface area contributed by atoms with E-state index in [-0.39, 0.29) is 18.3 Å². The molecule has 0 heterocycles. The predicted molar refractivity (Wildman–Crippen MR) is 91.6 cm³/mol. The quantitative estimate of drug-likeness (QED) is 0.757. The minimum atomic E-state index is -0.194. The fraction of sp³-hybridized carbons (Fsp3) is 0.263. The van der Waals surface area contributed by atoms with E-state index in [4.69, 9.17) is 9.47 Å². The van der Waals surface area contributed by atoms with Crippen molar-refractivity contribution in [3.8, 4) is 11.5 Å². The first-order valence-electron chi connectivity index (χ1n) is 7.72. The van der Waals surface area contributed by atoms with Crippen molar-refractivity contribution in [2.75, 3.05) is 20.3 Å². The number of Topliss-reactive ketones (excluding diaryl/α,β-unsaturated/α-hetero) is 1. The molecule has 0 spiro atoms. The maximum absolute atomic E-state index is 11.8. The summed E-state index contributed by atoms with van der Waals surface area (Å²) in [4.78, 5) is 23.0. The number of ether oxygens (including phenoxy) is 2. The van der Waals surface area contributed by atoms with Crippen LogP contribution in [-0.4, -0.2) is 32.0 Å². The lowest BCUT2D eigenvalue weighted by atomic mass is 10.1. The molecule has 0 bridgehead atoms. The molecule has 2 aromatic rings. The Balaban J connectivity index is 1.74. The van der Waals surface area contributed by atoms with Gasteiger partial charge in [0.25, 0.3) is 5.91 Å².